The summed E-state index contributed by atoms with van der Waals surface area (Å²) >= 11 is 0. The molecule has 0 spiro atoms. The molecule has 0 N–H and O–H groups in total. The van der Waals surface area contributed by atoms with E-state index in [4.69, 9.17) is 0 Å². The number of rotatable bonds is 4. The summed E-state index contributed by atoms with van der Waals surface area (Å²) < 4.78 is 0. The highest BCUT2D eigenvalue weighted by molar-refractivity contribution is 6.12. The first-order chi connectivity index (χ1) is 13.0. The summed E-state index contributed by atoms with van der Waals surface area (Å²) in [6.45, 7) is 1.95. The molecular weight excluding hydrogens is 352 g/mol. The molecule has 0 radical (unpaired) electrons. The van der Waals surface area contributed by atoms with Gasteiger partial charge < -0.3 is 0 Å². The first-order valence-electron chi connectivity index (χ1n) is 8.58. The molecule has 9 heteroatoms. The first-order valence-corrected chi connectivity index (χ1v) is 8.58. The van der Waals surface area contributed by atoms with Crippen LogP contribution in [0.4, 0.5) is 5.69 Å². The van der Waals surface area contributed by atoms with Crippen molar-refractivity contribution in [3.05, 3.63) is 52.1 Å². The highest BCUT2D eigenvalue weighted by Crippen LogP contribution is 2.45. The summed E-state index contributed by atoms with van der Waals surface area (Å²) in [5.74, 6) is -2.69. The van der Waals surface area contributed by atoms with Gasteiger partial charge in [-0.15, -0.1) is 0 Å². The van der Waals surface area contributed by atoms with Gasteiger partial charge in [0, 0.05) is 30.5 Å². The number of nitro benzene ring substituents is 1. The fourth-order valence-corrected chi connectivity index (χ4v) is 4.15. The van der Waals surface area contributed by atoms with Gasteiger partial charge in [-0.3, -0.25) is 34.4 Å². The highest BCUT2D eigenvalue weighted by Gasteiger charge is 2.63. The Labute approximate surface area is 154 Å². The molecule has 3 aliphatic rings. The molecule has 3 heterocycles. The van der Waals surface area contributed by atoms with Crippen LogP contribution >= 0.6 is 0 Å². The zero-order valence-corrected chi connectivity index (χ0v) is 14.4. The van der Waals surface area contributed by atoms with Crippen LogP contribution in [-0.4, -0.2) is 57.3 Å². The molecular formula is C18H16N4O5. The molecule has 138 valence electrons. The minimum Gasteiger partial charge on any atom is -0.292 e. The SMILES string of the molecule is CCN1C(=O)[C@@H]2[C@H](C1=O)[C@H]1C=CC=NN1[C@@H]2C(=O)c1cccc([N+](=O)[O-])c1. The molecule has 0 unspecified atom stereocenters. The number of ketones is 1. The molecule has 27 heavy (non-hydrogen) atoms. The van der Waals surface area contributed by atoms with Crippen molar-refractivity contribution in [1.29, 1.82) is 0 Å². The number of Topliss-reactive ketones (excluding diaryl/α,β-unsaturated/α-hetero) is 1. The van der Waals surface area contributed by atoms with Crippen LogP contribution < -0.4 is 0 Å². The summed E-state index contributed by atoms with van der Waals surface area (Å²) in [4.78, 5) is 50.4. The summed E-state index contributed by atoms with van der Waals surface area (Å²) in [6.07, 6.45) is 4.94. The van der Waals surface area contributed by atoms with E-state index >= 15 is 0 Å². The summed E-state index contributed by atoms with van der Waals surface area (Å²) in [6, 6.07) is 3.92. The number of allylic oxidation sites excluding steroid dienone is 1. The van der Waals surface area contributed by atoms with Crippen molar-refractivity contribution in [2.45, 2.75) is 19.0 Å². The fraction of sp³-hybridized carbons (Fsp3) is 0.333. The summed E-state index contributed by atoms with van der Waals surface area (Å²) in [5, 5.41) is 16.7. The van der Waals surface area contributed by atoms with Crippen LogP contribution in [0.5, 0.6) is 0 Å². The average molecular weight is 368 g/mol. The topological polar surface area (TPSA) is 113 Å². The summed E-state index contributed by atoms with van der Waals surface area (Å²) in [5.41, 5.74) is -0.0912. The monoisotopic (exact) mass is 368 g/mol. The van der Waals surface area contributed by atoms with Crippen LogP contribution in [0.1, 0.15) is 17.3 Å². The number of hydrogen-bond acceptors (Lipinski definition) is 7. The third-order valence-electron chi connectivity index (χ3n) is 5.31. The maximum Gasteiger partial charge on any atom is 0.270 e. The van der Waals surface area contributed by atoms with Gasteiger partial charge in [-0.1, -0.05) is 18.2 Å². The van der Waals surface area contributed by atoms with Gasteiger partial charge in [0.05, 0.1) is 22.8 Å². The Morgan fingerprint density at radius 2 is 2.00 bits per heavy atom. The van der Waals surface area contributed by atoms with Crippen molar-refractivity contribution in [2.75, 3.05) is 6.54 Å². The predicted molar refractivity (Wildman–Crippen MR) is 93.8 cm³/mol. The van der Waals surface area contributed by atoms with E-state index in [2.05, 4.69) is 5.10 Å². The minimum atomic E-state index is -0.976. The Balaban J connectivity index is 1.78. The minimum absolute atomic E-state index is 0.119. The van der Waals surface area contributed by atoms with E-state index in [0.29, 0.717) is 0 Å². The van der Waals surface area contributed by atoms with Crippen LogP contribution in [-0.2, 0) is 9.59 Å². The lowest BCUT2D eigenvalue weighted by Gasteiger charge is -2.30. The fourth-order valence-electron chi connectivity index (χ4n) is 4.15. The Morgan fingerprint density at radius 3 is 2.70 bits per heavy atom. The van der Waals surface area contributed by atoms with E-state index in [0.717, 1.165) is 0 Å². The van der Waals surface area contributed by atoms with E-state index in [1.165, 1.54) is 40.4 Å². The van der Waals surface area contributed by atoms with Crippen LogP contribution in [0.25, 0.3) is 0 Å². The van der Waals surface area contributed by atoms with E-state index in [1.54, 1.807) is 19.1 Å². The molecule has 1 aromatic carbocycles. The molecule has 1 aromatic rings. The van der Waals surface area contributed by atoms with Gasteiger partial charge in [-0.25, -0.2) is 0 Å². The molecule has 0 saturated carbocycles. The normalized spacial score (nSPS) is 28.5. The largest absolute Gasteiger partial charge is 0.292 e. The molecule has 2 saturated heterocycles. The number of nitrogens with zero attached hydrogens (tertiary/aromatic N) is 4. The molecule has 2 amide bonds. The Bertz CT molecular complexity index is 924. The highest BCUT2D eigenvalue weighted by atomic mass is 16.6. The second kappa shape index (κ2) is 6.11. The number of hydrogen-bond donors (Lipinski definition) is 0. The number of carbonyl (C=O) groups excluding carboxylic acids is 3. The number of carbonyl (C=O) groups is 3. The molecule has 0 aliphatic carbocycles. The second-order valence-electron chi connectivity index (χ2n) is 6.61. The van der Waals surface area contributed by atoms with Crippen molar-refractivity contribution in [3.8, 4) is 0 Å². The second-order valence-corrected chi connectivity index (χ2v) is 6.61. The van der Waals surface area contributed by atoms with Crippen molar-refractivity contribution >= 4 is 29.5 Å². The van der Waals surface area contributed by atoms with Gasteiger partial charge in [0.25, 0.3) is 5.69 Å². The van der Waals surface area contributed by atoms with Crippen LogP contribution in [0, 0.1) is 22.0 Å². The maximum absolute atomic E-state index is 13.2. The third-order valence-corrected chi connectivity index (χ3v) is 5.31. The number of nitro groups is 1. The quantitative estimate of drug-likeness (QED) is 0.339. The van der Waals surface area contributed by atoms with E-state index in [1.807, 2.05) is 0 Å². The number of benzene rings is 1. The number of non-ortho nitro benzene ring substituents is 1. The van der Waals surface area contributed by atoms with Gasteiger partial charge in [-0.05, 0) is 13.0 Å². The number of imide groups is 1. The third kappa shape index (κ3) is 2.38. The number of hydrazone groups is 1. The van der Waals surface area contributed by atoms with Crippen LogP contribution in [0.2, 0.25) is 0 Å². The van der Waals surface area contributed by atoms with Gasteiger partial charge in [0.2, 0.25) is 11.8 Å². The molecule has 4 atom stereocenters. The Hall–Kier alpha value is -3.36. The van der Waals surface area contributed by atoms with Crippen molar-refractivity contribution in [3.63, 3.8) is 0 Å². The molecule has 0 aromatic heterocycles. The molecule has 0 bridgehead atoms. The predicted octanol–water partition coefficient (Wildman–Crippen LogP) is 1.01. The van der Waals surface area contributed by atoms with Gasteiger partial charge in [-0.2, -0.15) is 5.10 Å². The molecule has 9 nitrogen and oxygen atoms in total. The van der Waals surface area contributed by atoms with Gasteiger partial charge in [0.15, 0.2) is 5.78 Å². The standard InChI is InChI=1S/C18H16N4O5/c1-2-20-17(24)13-12-7-4-8-19-21(12)15(14(13)18(20)25)16(23)10-5-3-6-11(9-10)22(26)27/h3-9,12-15H,2H2,1H3/t12-,13-,14-,15+/m1/s1. The average Bonchev–Trinajstić information content (AvgIpc) is 3.14. The number of likely N-dealkylation sites (tertiary alicyclic amines) is 1. The van der Waals surface area contributed by atoms with E-state index in [-0.39, 0.29) is 23.7 Å². The molecule has 3 aliphatic heterocycles. The molecule has 4 rings (SSSR count). The number of fused-ring (bicyclic) bond motifs is 3. The van der Waals surface area contributed by atoms with E-state index < -0.39 is 40.5 Å². The lowest BCUT2D eigenvalue weighted by molar-refractivity contribution is -0.384. The zero-order valence-electron chi connectivity index (χ0n) is 14.4. The van der Waals surface area contributed by atoms with Gasteiger partial charge in [0.1, 0.15) is 6.04 Å². The van der Waals surface area contributed by atoms with Crippen molar-refractivity contribution in [1.82, 2.24) is 9.91 Å². The smallest absolute Gasteiger partial charge is 0.270 e. The maximum atomic E-state index is 13.2. The first kappa shape index (κ1) is 17.1. The van der Waals surface area contributed by atoms with Crippen molar-refractivity contribution < 1.29 is 19.3 Å². The van der Waals surface area contributed by atoms with Crippen LogP contribution in [0.15, 0.2) is 41.5 Å². The van der Waals surface area contributed by atoms with E-state index in [9.17, 15) is 24.5 Å². The van der Waals surface area contributed by atoms with Gasteiger partial charge >= 0.3 is 0 Å². The lowest BCUT2D eigenvalue weighted by Crippen LogP contribution is -2.45. The van der Waals surface area contributed by atoms with Crippen LogP contribution in [0.3, 0.4) is 0 Å². The summed E-state index contributed by atoms with van der Waals surface area (Å²) in [7, 11) is 0. The Kier molecular flexibility index (Phi) is 3.87. The lowest BCUT2D eigenvalue weighted by atomic mass is 9.86. The van der Waals surface area contributed by atoms with Crippen molar-refractivity contribution in [2.24, 2.45) is 16.9 Å². The zero-order chi connectivity index (χ0) is 19.3. The molecule has 2 fully saturated rings. The number of amides is 2. The Morgan fingerprint density at radius 1 is 1.26 bits per heavy atom.